The van der Waals surface area contributed by atoms with Gasteiger partial charge in [0.05, 0.1) is 5.56 Å². The lowest BCUT2D eigenvalue weighted by atomic mass is 9.93. The van der Waals surface area contributed by atoms with Gasteiger partial charge in [0.15, 0.2) is 33.6 Å². The van der Waals surface area contributed by atoms with Crippen molar-refractivity contribution in [3.05, 3.63) is 24.0 Å². The van der Waals surface area contributed by atoms with E-state index in [9.17, 15) is 10.1 Å². The number of hydrogen-bond acceptors (Lipinski definition) is 10. The van der Waals surface area contributed by atoms with Crippen LogP contribution in [0.2, 0.25) is 0 Å². The van der Waals surface area contributed by atoms with Crippen molar-refractivity contribution < 1.29 is 19.0 Å². The normalized spacial score (nSPS) is 16.3. The number of likely N-dealkylation sites (tertiary alicyclic amines) is 1. The van der Waals surface area contributed by atoms with Crippen molar-refractivity contribution in [3.8, 4) is 17.6 Å². The molecular formula is C24H27N7O4S. The SMILES string of the molecule is COC(C)C(=O)N1CCC(CCn2c(Sc3cc4c(cc3C#N)OCO4)nc3c(N)ncnc32)CC1. The van der Waals surface area contributed by atoms with Crippen molar-refractivity contribution in [1.29, 1.82) is 5.26 Å². The first-order valence-corrected chi connectivity index (χ1v) is 12.6. The molecule has 2 aromatic heterocycles. The summed E-state index contributed by atoms with van der Waals surface area (Å²) >= 11 is 1.37. The number of ether oxygens (including phenoxy) is 3. The van der Waals surface area contributed by atoms with Crippen LogP contribution in [0.4, 0.5) is 5.82 Å². The van der Waals surface area contributed by atoms with Gasteiger partial charge in [-0.3, -0.25) is 4.79 Å². The van der Waals surface area contributed by atoms with Gasteiger partial charge in [0.2, 0.25) is 6.79 Å². The number of hydrogen-bond donors (Lipinski definition) is 1. The molecule has 12 heteroatoms. The van der Waals surface area contributed by atoms with Gasteiger partial charge < -0.3 is 29.4 Å². The van der Waals surface area contributed by atoms with Crippen LogP contribution in [0.25, 0.3) is 11.2 Å². The van der Waals surface area contributed by atoms with Gasteiger partial charge in [0.1, 0.15) is 18.5 Å². The van der Waals surface area contributed by atoms with E-state index in [0.29, 0.717) is 56.6 Å². The molecule has 2 aliphatic rings. The van der Waals surface area contributed by atoms with Gasteiger partial charge in [-0.15, -0.1) is 0 Å². The van der Waals surface area contributed by atoms with Crippen molar-refractivity contribution in [2.75, 3.05) is 32.7 Å². The van der Waals surface area contributed by atoms with Crippen LogP contribution in [-0.4, -0.2) is 63.4 Å². The number of nitrogens with zero attached hydrogens (tertiary/aromatic N) is 6. The van der Waals surface area contributed by atoms with Crippen LogP contribution in [0.15, 0.2) is 28.5 Å². The van der Waals surface area contributed by atoms with Gasteiger partial charge in [0, 0.05) is 37.7 Å². The van der Waals surface area contributed by atoms with E-state index in [1.807, 2.05) is 9.47 Å². The molecule has 0 bridgehead atoms. The van der Waals surface area contributed by atoms with E-state index in [4.69, 9.17) is 24.9 Å². The topological polar surface area (TPSA) is 141 Å². The largest absolute Gasteiger partial charge is 0.454 e. The van der Waals surface area contributed by atoms with Crippen LogP contribution in [0.3, 0.4) is 0 Å². The second-order valence-electron chi connectivity index (χ2n) is 8.83. The number of piperidine rings is 1. The summed E-state index contributed by atoms with van der Waals surface area (Å²) in [5, 5.41) is 10.4. The third kappa shape index (κ3) is 4.64. The van der Waals surface area contributed by atoms with Crippen LogP contribution in [0.5, 0.6) is 11.5 Å². The fourth-order valence-electron chi connectivity index (χ4n) is 4.52. The minimum Gasteiger partial charge on any atom is -0.454 e. The van der Waals surface area contributed by atoms with E-state index in [2.05, 4.69) is 16.0 Å². The number of anilines is 1. The first-order valence-electron chi connectivity index (χ1n) is 11.8. The fourth-order valence-corrected chi connectivity index (χ4v) is 5.52. The van der Waals surface area contributed by atoms with Gasteiger partial charge in [-0.05, 0) is 38.2 Å². The Kier molecular flexibility index (Phi) is 6.84. The predicted molar refractivity (Wildman–Crippen MR) is 132 cm³/mol. The highest BCUT2D eigenvalue weighted by Gasteiger charge is 2.27. The third-order valence-corrected chi connectivity index (χ3v) is 7.76. The van der Waals surface area contributed by atoms with Crippen molar-refractivity contribution in [3.63, 3.8) is 0 Å². The van der Waals surface area contributed by atoms with Crippen molar-refractivity contribution >= 4 is 34.7 Å². The highest BCUT2D eigenvalue weighted by Crippen LogP contribution is 2.41. The second-order valence-corrected chi connectivity index (χ2v) is 9.84. The summed E-state index contributed by atoms with van der Waals surface area (Å²) in [5.74, 6) is 1.97. The molecule has 1 fully saturated rings. The number of nitrogens with two attached hydrogens (primary N) is 1. The molecule has 2 N–H and O–H groups in total. The average molecular weight is 510 g/mol. The number of imidazole rings is 1. The van der Waals surface area contributed by atoms with Gasteiger partial charge in [-0.1, -0.05) is 11.8 Å². The van der Waals surface area contributed by atoms with Crippen molar-refractivity contribution in [2.45, 2.75) is 48.9 Å². The average Bonchev–Trinajstić information content (AvgIpc) is 3.50. The summed E-state index contributed by atoms with van der Waals surface area (Å²) in [6, 6.07) is 5.72. The van der Waals surface area contributed by atoms with Crippen LogP contribution in [0, 0.1) is 17.2 Å². The molecule has 188 valence electrons. The van der Waals surface area contributed by atoms with Crippen LogP contribution in [0.1, 0.15) is 31.7 Å². The quantitative estimate of drug-likeness (QED) is 0.505. The summed E-state index contributed by atoms with van der Waals surface area (Å²) in [6.45, 7) is 4.04. The minimum atomic E-state index is -0.418. The summed E-state index contributed by atoms with van der Waals surface area (Å²) in [5.41, 5.74) is 7.78. The Balaban J connectivity index is 1.36. The number of carbonyl (C=O) groups excluding carboxylic acids is 1. The Morgan fingerprint density at radius 3 is 2.78 bits per heavy atom. The molecule has 3 aromatic rings. The Morgan fingerprint density at radius 2 is 2.06 bits per heavy atom. The van der Waals surface area contributed by atoms with Crippen LogP contribution in [-0.2, 0) is 16.1 Å². The number of fused-ring (bicyclic) bond motifs is 2. The molecule has 0 spiro atoms. The fraction of sp³-hybridized carbons (Fsp3) is 0.458. The lowest BCUT2D eigenvalue weighted by Gasteiger charge is -2.33. The monoisotopic (exact) mass is 509 g/mol. The van der Waals surface area contributed by atoms with E-state index in [1.165, 1.54) is 18.1 Å². The van der Waals surface area contributed by atoms with Crippen molar-refractivity contribution in [1.82, 2.24) is 24.4 Å². The Morgan fingerprint density at radius 1 is 1.31 bits per heavy atom. The van der Waals surface area contributed by atoms with Gasteiger partial charge in [-0.25, -0.2) is 15.0 Å². The number of aryl methyl sites for hydroxylation is 1. The second kappa shape index (κ2) is 10.2. The number of amides is 1. The first-order chi connectivity index (χ1) is 17.5. The van der Waals surface area contributed by atoms with E-state index in [0.717, 1.165) is 32.4 Å². The third-order valence-electron chi connectivity index (χ3n) is 6.71. The molecule has 1 unspecified atom stereocenters. The summed E-state index contributed by atoms with van der Waals surface area (Å²) < 4.78 is 18.1. The van der Waals surface area contributed by atoms with Crippen LogP contribution >= 0.6 is 11.8 Å². The molecule has 1 saturated heterocycles. The maximum Gasteiger partial charge on any atom is 0.251 e. The molecule has 0 aliphatic carbocycles. The molecule has 1 atom stereocenters. The lowest BCUT2D eigenvalue weighted by Crippen LogP contribution is -2.43. The number of carbonyl (C=O) groups is 1. The standard InChI is InChI=1S/C24H27N7O4S/c1-14(33-2)23(32)30-6-3-15(4-7-30)5-8-31-22-20(21(26)27-12-28-22)29-24(31)36-19-10-18-17(34-13-35-18)9-16(19)11-25/h9-10,12,14-15H,3-8,13H2,1-2H3,(H2,26,27,28). The molecule has 1 aromatic carbocycles. The predicted octanol–water partition coefficient (Wildman–Crippen LogP) is 2.82. The van der Waals surface area contributed by atoms with Gasteiger partial charge in [-0.2, -0.15) is 5.26 Å². The maximum atomic E-state index is 12.4. The molecular weight excluding hydrogens is 482 g/mol. The number of benzene rings is 1. The lowest BCUT2D eigenvalue weighted by molar-refractivity contribution is -0.142. The molecule has 1 amide bonds. The minimum absolute atomic E-state index is 0.0411. The number of nitriles is 1. The Labute approximate surface area is 212 Å². The summed E-state index contributed by atoms with van der Waals surface area (Å²) in [7, 11) is 1.56. The van der Waals surface area contributed by atoms with Crippen LogP contribution < -0.4 is 15.2 Å². The zero-order valence-corrected chi connectivity index (χ0v) is 21.0. The van der Waals surface area contributed by atoms with E-state index < -0.39 is 6.10 Å². The molecule has 5 rings (SSSR count). The molecule has 0 saturated carbocycles. The smallest absolute Gasteiger partial charge is 0.251 e. The Bertz CT molecular complexity index is 1330. The molecule has 4 heterocycles. The molecule has 11 nitrogen and oxygen atoms in total. The molecule has 36 heavy (non-hydrogen) atoms. The van der Waals surface area contributed by atoms with E-state index in [-0.39, 0.29) is 12.7 Å². The maximum absolute atomic E-state index is 12.4. The van der Waals surface area contributed by atoms with E-state index in [1.54, 1.807) is 26.2 Å². The highest BCUT2D eigenvalue weighted by atomic mass is 32.2. The number of rotatable bonds is 7. The summed E-state index contributed by atoms with van der Waals surface area (Å²) in [6.07, 6.45) is 3.77. The zero-order valence-electron chi connectivity index (χ0n) is 20.1. The Hall–Kier alpha value is -3.56. The van der Waals surface area contributed by atoms with Gasteiger partial charge in [0.25, 0.3) is 5.91 Å². The van der Waals surface area contributed by atoms with E-state index >= 15 is 0 Å². The highest BCUT2D eigenvalue weighted by molar-refractivity contribution is 7.99. The summed E-state index contributed by atoms with van der Waals surface area (Å²) in [4.78, 5) is 28.3. The van der Waals surface area contributed by atoms with Crippen molar-refractivity contribution in [2.24, 2.45) is 5.92 Å². The number of aromatic nitrogens is 4. The molecule has 2 aliphatic heterocycles. The first kappa shape index (κ1) is 24.1. The van der Waals surface area contributed by atoms with Gasteiger partial charge >= 0.3 is 0 Å². The molecule has 0 radical (unpaired) electrons. The zero-order chi connectivity index (χ0) is 25.2. The number of nitrogen functional groups attached to an aromatic ring is 1. The number of methoxy groups -OCH3 is 1.